The molecule has 0 aliphatic heterocycles. The zero-order valence-electron chi connectivity index (χ0n) is 5.54. The number of anilines is 1. The maximum absolute atomic E-state index is 8.27. The predicted octanol–water partition coefficient (Wildman–Crippen LogP) is 1.84. The van der Waals surface area contributed by atoms with Gasteiger partial charge in [0.2, 0.25) is 0 Å². The molecule has 0 atom stereocenters. The quantitative estimate of drug-likeness (QED) is 0.335. The average molecular weight is 214 g/mol. The van der Waals surface area contributed by atoms with E-state index in [2.05, 4.69) is 0 Å². The van der Waals surface area contributed by atoms with Gasteiger partial charge >= 0.3 is 0 Å². The molecule has 0 aromatic heterocycles. The van der Waals surface area contributed by atoms with E-state index in [0.29, 0.717) is 0 Å². The first-order valence-electron chi connectivity index (χ1n) is 2.74. The summed E-state index contributed by atoms with van der Waals surface area (Å²) in [6.07, 6.45) is 0. The third-order valence-electron chi connectivity index (χ3n) is 1.04. The van der Waals surface area contributed by atoms with E-state index in [1.54, 1.807) is 12.1 Å². The van der Waals surface area contributed by atoms with Crippen LogP contribution in [0.5, 0.6) is 0 Å². The Labute approximate surface area is 80.2 Å². The molecular formula is C7H6CuN2S. The van der Waals surface area contributed by atoms with Crippen LogP contribution < -0.4 is 5.73 Å². The van der Waals surface area contributed by atoms with Crippen LogP contribution in [0.2, 0.25) is 0 Å². The molecule has 0 saturated heterocycles. The second-order valence-corrected chi connectivity index (χ2v) is 2.62. The normalized spacial score (nSPS) is 7.91. The summed E-state index contributed by atoms with van der Waals surface area (Å²) in [5, 5.41) is 10.2. The van der Waals surface area contributed by atoms with Crippen molar-refractivity contribution in [2.24, 2.45) is 0 Å². The van der Waals surface area contributed by atoms with Gasteiger partial charge in [0.25, 0.3) is 0 Å². The van der Waals surface area contributed by atoms with Crippen molar-refractivity contribution in [3.63, 3.8) is 0 Å². The van der Waals surface area contributed by atoms with Gasteiger partial charge in [0.05, 0.1) is 0 Å². The third-order valence-corrected chi connectivity index (χ3v) is 1.64. The Morgan fingerprint density at radius 3 is 2.27 bits per heavy atom. The second-order valence-electron chi connectivity index (χ2n) is 1.76. The Morgan fingerprint density at radius 1 is 1.27 bits per heavy atom. The van der Waals surface area contributed by atoms with E-state index in [-0.39, 0.29) is 17.1 Å². The number of rotatable bonds is 1. The number of nitrogens with two attached hydrogens (primary N) is 1. The molecule has 1 aromatic carbocycles. The van der Waals surface area contributed by atoms with Gasteiger partial charge in [-0.1, -0.05) is 0 Å². The molecular weight excluding hydrogens is 208 g/mol. The molecule has 61 valence electrons. The van der Waals surface area contributed by atoms with Crippen molar-refractivity contribution in [2.45, 2.75) is 4.90 Å². The summed E-state index contributed by atoms with van der Waals surface area (Å²) >= 11 is 1.13. The van der Waals surface area contributed by atoms with Crippen molar-refractivity contribution in [3.05, 3.63) is 24.3 Å². The number of thioether (sulfide) groups is 1. The van der Waals surface area contributed by atoms with E-state index in [0.717, 1.165) is 22.3 Å². The maximum Gasteiger partial charge on any atom is 0.138 e. The molecule has 1 rings (SSSR count). The van der Waals surface area contributed by atoms with Crippen molar-refractivity contribution in [3.8, 4) is 5.40 Å². The summed E-state index contributed by atoms with van der Waals surface area (Å²) in [4.78, 5) is 0.928. The fraction of sp³-hybridized carbons (Fsp3) is 0. The predicted molar refractivity (Wildman–Crippen MR) is 42.3 cm³/mol. The SMILES string of the molecule is N#CSc1ccc(N)cc1.[Cu]. The first kappa shape index (κ1) is 10.4. The molecule has 0 saturated carbocycles. The number of nitrogen functional groups attached to an aromatic ring is 1. The Morgan fingerprint density at radius 2 is 1.82 bits per heavy atom. The molecule has 0 heterocycles. The third kappa shape index (κ3) is 3.33. The van der Waals surface area contributed by atoms with E-state index in [4.69, 9.17) is 11.0 Å². The fourth-order valence-corrected chi connectivity index (χ4v) is 0.966. The summed E-state index contributed by atoms with van der Waals surface area (Å²) in [5.74, 6) is 0. The molecule has 2 N–H and O–H groups in total. The summed E-state index contributed by atoms with van der Waals surface area (Å²) < 4.78 is 0. The van der Waals surface area contributed by atoms with Crippen molar-refractivity contribution in [2.75, 3.05) is 5.73 Å². The minimum absolute atomic E-state index is 0. The Kier molecular flexibility index (Phi) is 4.80. The zero-order valence-corrected chi connectivity index (χ0v) is 7.30. The van der Waals surface area contributed by atoms with Gasteiger partial charge in [-0.2, -0.15) is 5.26 Å². The van der Waals surface area contributed by atoms with Gasteiger partial charge in [0, 0.05) is 27.7 Å². The zero-order chi connectivity index (χ0) is 7.40. The van der Waals surface area contributed by atoms with Crippen LogP contribution >= 0.6 is 11.8 Å². The number of nitrogens with zero attached hydrogens (tertiary/aromatic N) is 1. The average Bonchev–Trinajstić information content (AvgIpc) is 1.95. The molecule has 0 aliphatic rings. The monoisotopic (exact) mass is 213 g/mol. The van der Waals surface area contributed by atoms with Gasteiger partial charge in [-0.05, 0) is 36.0 Å². The van der Waals surface area contributed by atoms with Gasteiger partial charge < -0.3 is 5.73 Å². The van der Waals surface area contributed by atoms with Crippen LogP contribution in [0.15, 0.2) is 29.2 Å². The van der Waals surface area contributed by atoms with Crippen molar-refractivity contribution in [1.29, 1.82) is 5.26 Å². The molecule has 0 fully saturated rings. The molecule has 0 amide bonds. The van der Waals surface area contributed by atoms with E-state index in [1.807, 2.05) is 17.5 Å². The van der Waals surface area contributed by atoms with Crippen LogP contribution in [0, 0.1) is 10.7 Å². The smallest absolute Gasteiger partial charge is 0.138 e. The van der Waals surface area contributed by atoms with E-state index in [9.17, 15) is 0 Å². The van der Waals surface area contributed by atoms with Crippen LogP contribution in [-0.4, -0.2) is 0 Å². The van der Waals surface area contributed by atoms with Crippen molar-refractivity contribution in [1.82, 2.24) is 0 Å². The summed E-state index contributed by atoms with van der Waals surface area (Å²) in [5.41, 5.74) is 6.16. The van der Waals surface area contributed by atoms with Gasteiger partial charge in [0.1, 0.15) is 5.40 Å². The summed E-state index contributed by atoms with van der Waals surface area (Å²) in [6.45, 7) is 0. The minimum Gasteiger partial charge on any atom is -0.399 e. The van der Waals surface area contributed by atoms with Crippen LogP contribution in [0.3, 0.4) is 0 Å². The Hall–Kier alpha value is -0.621. The molecule has 11 heavy (non-hydrogen) atoms. The number of benzene rings is 1. The van der Waals surface area contributed by atoms with E-state index >= 15 is 0 Å². The van der Waals surface area contributed by atoms with Gasteiger partial charge in [-0.25, -0.2) is 0 Å². The maximum atomic E-state index is 8.27. The fourth-order valence-electron chi connectivity index (χ4n) is 0.589. The van der Waals surface area contributed by atoms with Gasteiger partial charge in [-0.15, -0.1) is 0 Å². The number of nitriles is 1. The molecule has 1 aromatic rings. The summed E-state index contributed by atoms with van der Waals surface area (Å²) in [7, 11) is 0. The summed E-state index contributed by atoms with van der Waals surface area (Å²) in [6, 6.07) is 7.20. The topological polar surface area (TPSA) is 49.8 Å². The van der Waals surface area contributed by atoms with Crippen LogP contribution in [0.25, 0.3) is 0 Å². The molecule has 0 unspecified atom stereocenters. The molecule has 0 spiro atoms. The van der Waals surface area contributed by atoms with Crippen molar-refractivity contribution < 1.29 is 17.1 Å². The number of hydrogen-bond donors (Lipinski definition) is 1. The number of thiocyanates is 1. The first-order chi connectivity index (χ1) is 4.83. The van der Waals surface area contributed by atoms with Crippen LogP contribution in [0.1, 0.15) is 0 Å². The van der Waals surface area contributed by atoms with Crippen molar-refractivity contribution >= 4 is 17.4 Å². The standard InChI is InChI=1S/C7H6N2S.Cu/c8-5-10-7-3-1-6(9)2-4-7;/h1-4H,9H2;. The van der Waals surface area contributed by atoms with E-state index in [1.165, 1.54) is 0 Å². The first-order valence-corrected chi connectivity index (χ1v) is 3.56. The second kappa shape index (κ2) is 5.09. The Balaban J connectivity index is 0.000001000. The minimum atomic E-state index is 0. The van der Waals surface area contributed by atoms with Crippen LogP contribution in [0.4, 0.5) is 5.69 Å². The van der Waals surface area contributed by atoms with E-state index < -0.39 is 0 Å². The molecule has 2 nitrogen and oxygen atoms in total. The Bertz CT molecular complexity index is 252. The largest absolute Gasteiger partial charge is 0.399 e. The number of hydrogen-bond acceptors (Lipinski definition) is 3. The molecule has 1 radical (unpaired) electrons. The van der Waals surface area contributed by atoms with Gasteiger partial charge in [-0.3, -0.25) is 0 Å². The van der Waals surface area contributed by atoms with Gasteiger partial charge in [0.15, 0.2) is 0 Å². The molecule has 4 heteroatoms. The van der Waals surface area contributed by atoms with Crippen LogP contribution in [-0.2, 0) is 17.1 Å². The molecule has 0 bridgehead atoms. The molecule has 0 aliphatic carbocycles.